The van der Waals surface area contributed by atoms with Crippen LogP contribution in [0.3, 0.4) is 0 Å². The third-order valence-electron chi connectivity index (χ3n) is 1.64. The first-order valence-electron chi connectivity index (χ1n) is 5.13. The van der Waals surface area contributed by atoms with Gasteiger partial charge in [-0.2, -0.15) is 0 Å². The van der Waals surface area contributed by atoms with Crippen LogP contribution in [0.1, 0.15) is 33.6 Å². The Balaban J connectivity index is 2.92. The second-order valence-corrected chi connectivity index (χ2v) is 3.68. The van der Waals surface area contributed by atoms with Crippen molar-refractivity contribution < 1.29 is 9.84 Å². The van der Waals surface area contributed by atoms with Gasteiger partial charge in [0.25, 0.3) is 0 Å². The highest BCUT2D eigenvalue weighted by Gasteiger charge is 1.95. The molecule has 1 atom stereocenters. The van der Waals surface area contributed by atoms with Crippen LogP contribution in [0.25, 0.3) is 0 Å². The molecule has 0 spiro atoms. The average Bonchev–Trinajstić information content (AvgIpc) is 2.01. The SMILES string of the molecule is CC(O)CNCCCCOC(C)C. The van der Waals surface area contributed by atoms with E-state index in [1.165, 1.54) is 0 Å². The summed E-state index contributed by atoms with van der Waals surface area (Å²) < 4.78 is 5.39. The Morgan fingerprint density at radius 3 is 2.46 bits per heavy atom. The summed E-state index contributed by atoms with van der Waals surface area (Å²) in [5.74, 6) is 0. The molecule has 0 saturated carbocycles. The summed E-state index contributed by atoms with van der Waals surface area (Å²) in [7, 11) is 0. The molecule has 0 aliphatic heterocycles. The van der Waals surface area contributed by atoms with Crippen molar-refractivity contribution in [1.82, 2.24) is 5.32 Å². The van der Waals surface area contributed by atoms with Crippen molar-refractivity contribution in [2.75, 3.05) is 19.7 Å². The van der Waals surface area contributed by atoms with Crippen molar-refractivity contribution >= 4 is 0 Å². The molecule has 0 heterocycles. The van der Waals surface area contributed by atoms with Gasteiger partial charge in [-0.1, -0.05) is 0 Å². The number of nitrogens with one attached hydrogen (secondary N) is 1. The molecule has 3 heteroatoms. The molecule has 13 heavy (non-hydrogen) atoms. The second-order valence-electron chi connectivity index (χ2n) is 3.68. The van der Waals surface area contributed by atoms with Gasteiger partial charge in [0, 0.05) is 13.2 Å². The fraction of sp³-hybridized carbons (Fsp3) is 1.00. The van der Waals surface area contributed by atoms with Gasteiger partial charge in [-0.05, 0) is 40.2 Å². The van der Waals surface area contributed by atoms with E-state index < -0.39 is 0 Å². The van der Waals surface area contributed by atoms with Gasteiger partial charge in [0.1, 0.15) is 0 Å². The molecule has 0 aliphatic carbocycles. The predicted molar refractivity (Wildman–Crippen MR) is 54.9 cm³/mol. The third kappa shape index (κ3) is 11.9. The number of rotatable bonds is 8. The minimum atomic E-state index is -0.244. The summed E-state index contributed by atoms with van der Waals surface area (Å²) in [4.78, 5) is 0. The van der Waals surface area contributed by atoms with E-state index in [-0.39, 0.29) is 6.10 Å². The molecule has 0 aromatic carbocycles. The van der Waals surface area contributed by atoms with Crippen LogP contribution in [-0.2, 0) is 4.74 Å². The Kier molecular flexibility index (Phi) is 8.40. The van der Waals surface area contributed by atoms with E-state index in [0.29, 0.717) is 12.6 Å². The predicted octanol–water partition coefficient (Wildman–Crippen LogP) is 1.16. The number of hydrogen-bond acceptors (Lipinski definition) is 3. The van der Waals surface area contributed by atoms with Gasteiger partial charge in [0.15, 0.2) is 0 Å². The van der Waals surface area contributed by atoms with Gasteiger partial charge in [0.05, 0.1) is 12.2 Å². The highest BCUT2D eigenvalue weighted by Crippen LogP contribution is 1.93. The number of ether oxygens (including phenoxy) is 1. The molecule has 0 aromatic heterocycles. The first-order chi connectivity index (χ1) is 6.13. The molecule has 2 N–H and O–H groups in total. The van der Waals surface area contributed by atoms with Crippen molar-refractivity contribution in [2.24, 2.45) is 0 Å². The molecular weight excluding hydrogens is 166 g/mol. The van der Waals surface area contributed by atoms with E-state index in [1.807, 2.05) is 13.8 Å². The van der Waals surface area contributed by atoms with E-state index in [1.54, 1.807) is 6.92 Å². The van der Waals surface area contributed by atoms with E-state index in [0.717, 1.165) is 26.0 Å². The minimum absolute atomic E-state index is 0.244. The van der Waals surface area contributed by atoms with Crippen molar-refractivity contribution in [3.8, 4) is 0 Å². The van der Waals surface area contributed by atoms with Crippen molar-refractivity contribution in [3.05, 3.63) is 0 Å². The lowest BCUT2D eigenvalue weighted by Gasteiger charge is -2.08. The summed E-state index contributed by atoms with van der Waals surface area (Å²) in [5, 5.41) is 12.1. The van der Waals surface area contributed by atoms with Crippen molar-refractivity contribution in [2.45, 2.75) is 45.8 Å². The number of hydrogen-bond donors (Lipinski definition) is 2. The van der Waals surface area contributed by atoms with Gasteiger partial charge >= 0.3 is 0 Å². The molecule has 0 saturated heterocycles. The van der Waals surface area contributed by atoms with E-state index >= 15 is 0 Å². The van der Waals surface area contributed by atoms with Crippen molar-refractivity contribution in [1.29, 1.82) is 0 Å². The topological polar surface area (TPSA) is 41.5 Å². The molecule has 0 bridgehead atoms. The standard InChI is InChI=1S/C10H23NO2/c1-9(2)13-7-5-4-6-11-8-10(3)12/h9-12H,4-8H2,1-3H3. The van der Waals surface area contributed by atoms with Crippen LogP contribution < -0.4 is 5.32 Å². The summed E-state index contributed by atoms with van der Waals surface area (Å²) in [6, 6.07) is 0. The fourth-order valence-corrected chi connectivity index (χ4v) is 0.982. The fourth-order valence-electron chi connectivity index (χ4n) is 0.982. The highest BCUT2D eigenvalue weighted by molar-refractivity contribution is 4.52. The zero-order chi connectivity index (χ0) is 10.1. The monoisotopic (exact) mass is 189 g/mol. The first-order valence-corrected chi connectivity index (χ1v) is 5.13. The molecular formula is C10H23NO2. The van der Waals surface area contributed by atoms with Crippen molar-refractivity contribution in [3.63, 3.8) is 0 Å². The maximum absolute atomic E-state index is 8.94. The largest absolute Gasteiger partial charge is 0.392 e. The Morgan fingerprint density at radius 1 is 1.23 bits per heavy atom. The van der Waals surface area contributed by atoms with Crippen LogP contribution in [0.4, 0.5) is 0 Å². The van der Waals surface area contributed by atoms with Gasteiger partial charge in [0.2, 0.25) is 0 Å². The van der Waals surface area contributed by atoms with E-state index in [2.05, 4.69) is 5.32 Å². The summed E-state index contributed by atoms with van der Waals surface area (Å²) in [5.41, 5.74) is 0. The van der Waals surface area contributed by atoms with Gasteiger partial charge < -0.3 is 15.2 Å². The Hall–Kier alpha value is -0.120. The zero-order valence-electron chi connectivity index (χ0n) is 9.05. The summed E-state index contributed by atoms with van der Waals surface area (Å²) in [6.45, 7) is 8.37. The summed E-state index contributed by atoms with van der Waals surface area (Å²) in [6.07, 6.45) is 2.29. The molecule has 1 unspecified atom stereocenters. The van der Waals surface area contributed by atoms with Crippen LogP contribution >= 0.6 is 0 Å². The normalized spacial score (nSPS) is 13.6. The lowest BCUT2D eigenvalue weighted by Crippen LogP contribution is -2.25. The van der Waals surface area contributed by atoms with Crippen LogP contribution in [0.2, 0.25) is 0 Å². The molecule has 0 amide bonds. The number of aliphatic hydroxyl groups is 1. The number of aliphatic hydroxyl groups excluding tert-OH is 1. The molecule has 0 fully saturated rings. The molecule has 80 valence electrons. The van der Waals surface area contributed by atoms with Crippen LogP contribution in [0, 0.1) is 0 Å². The molecule has 0 rings (SSSR count). The van der Waals surface area contributed by atoms with Crippen LogP contribution in [-0.4, -0.2) is 37.0 Å². The molecule has 3 nitrogen and oxygen atoms in total. The highest BCUT2D eigenvalue weighted by atomic mass is 16.5. The number of unbranched alkanes of at least 4 members (excludes halogenated alkanes) is 1. The molecule has 0 radical (unpaired) electrons. The van der Waals surface area contributed by atoms with Gasteiger partial charge in [-0.15, -0.1) is 0 Å². The van der Waals surface area contributed by atoms with Gasteiger partial charge in [-0.25, -0.2) is 0 Å². The van der Waals surface area contributed by atoms with Crippen LogP contribution in [0.15, 0.2) is 0 Å². The maximum atomic E-state index is 8.94. The smallest absolute Gasteiger partial charge is 0.0636 e. The Labute approximate surface area is 81.5 Å². The molecule has 0 aromatic rings. The quantitative estimate of drug-likeness (QED) is 0.563. The average molecular weight is 189 g/mol. The van der Waals surface area contributed by atoms with E-state index in [4.69, 9.17) is 9.84 Å². The lowest BCUT2D eigenvalue weighted by atomic mass is 10.3. The Morgan fingerprint density at radius 2 is 1.92 bits per heavy atom. The van der Waals surface area contributed by atoms with Crippen LogP contribution in [0.5, 0.6) is 0 Å². The first kappa shape index (κ1) is 12.9. The minimum Gasteiger partial charge on any atom is -0.392 e. The Bertz CT molecular complexity index is 93.1. The lowest BCUT2D eigenvalue weighted by molar-refractivity contribution is 0.0759. The molecule has 0 aliphatic rings. The maximum Gasteiger partial charge on any atom is 0.0636 e. The summed E-state index contributed by atoms with van der Waals surface area (Å²) >= 11 is 0. The third-order valence-corrected chi connectivity index (χ3v) is 1.64. The van der Waals surface area contributed by atoms with Gasteiger partial charge in [-0.3, -0.25) is 0 Å². The second kappa shape index (κ2) is 8.48. The zero-order valence-corrected chi connectivity index (χ0v) is 9.05. The van der Waals surface area contributed by atoms with E-state index in [9.17, 15) is 0 Å².